The lowest BCUT2D eigenvalue weighted by atomic mass is 10.1. The van der Waals surface area contributed by atoms with Crippen LogP contribution in [0, 0.1) is 0 Å². The van der Waals surface area contributed by atoms with Crippen LogP contribution in [0.1, 0.15) is 18.1 Å². The predicted octanol–water partition coefficient (Wildman–Crippen LogP) is 4.97. The van der Waals surface area contributed by atoms with Crippen LogP contribution in [0.15, 0.2) is 64.5 Å². The number of rotatable bonds is 12. The third kappa shape index (κ3) is 6.51. The van der Waals surface area contributed by atoms with E-state index in [9.17, 15) is 9.59 Å². The molecule has 40 heavy (non-hydrogen) atoms. The molecule has 4 aromatic rings. The van der Waals surface area contributed by atoms with Crippen molar-refractivity contribution in [3.05, 3.63) is 76.1 Å². The molecule has 9 nitrogen and oxygen atoms in total. The molecule has 210 valence electrons. The van der Waals surface area contributed by atoms with E-state index in [1.165, 1.54) is 31.5 Å². The number of methoxy groups -OCH3 is 4. The SMILES string of the molecule is CCc1ccc(NC(=O)CSc2nc3cc(OC)c(OC)cc3c(=O)n2CCc2ccc(OC)c(OC)c2)cc1. The summed E-state index contributed by atoms with van der Waals surface area (Å²) < 4.78 is 23.2. The van der Waals surface area contributed by atoms with Crippen molar-refractivity contribution in [2.45, 2.75) is 31.5 Å². The van der Waals surface area contributed by atoms with Gasteiger partial charge in [-0.05, 0) is 54.3 Å². The third-order valence-electron chi connectivity index (χ3n) is 6.47. The number of hydrogen-bond donors (Lipinski definition) is 1. The van der Waals surface area contributed by atoms with Crippen LogP contribution in [-0.2, 0) is 24.2 Å². The molecule has 1 heterocycles. The fourth-order valence-corrected chi connectivity index (χ4v) is 5.09. The van der Waals surface area contributed by atoms with E-state index in [0.29, 0.717) is 52.0 Å². The maximum atomic E-state index is 13.7. The Morgan fingerprint density at radius 1 is 0.850 bits per heavy atom. The minimum atomic E-state index is -0.232. The Morgan fingerprint density at radius 3 is 2.12 bits per heavy atom. The van der Waals surface area contributed by atoms with Gasteiger partial charge in [0.25, 0.3) is 5.56 Å². The number of hydrogen-bond acceptors (Lipinski definition) is 8. The van der Waals surface area contributed by atoms with Crippen LogP contribution >= 0.6 is 11.8 Å². The molecule has 0 aliphatic carbocycles. The second kappa shape index (κ2) is 13.3. The van der Waals surface area contributed by atoms with Crippen LogP contribution in [-0.4, -0.2) is 49.7 Å². The summed E-state index contributed by atoms with van der Waals surface area (Å²) in [6.07, 6.45) is 1.46. The van der Waals surface area contributed by atoms with Crippen molar-refractivity contribution in [1.82, 2.24) is 9.55 Å². The maximum absolute atomic E-state index is 13.7. The van der Waals surface area contributed by atoms with E-state index in [-0.39, 0.29) is 17.2 Å². The van der Waals surface area contributed by atoms with Crippen molar-refractivity contribution in [2.75, 3.05) is 39.5 Å². The van der Waals surface area contributed by atoms with Gasteiger partial charge in [-0.25, -0.2) is 4.98 Å². The molecule has 0 fully saturated rings. The number of nitrogens with one attached hydrogen (secondary N) is 1. The summed E-state index contributed by atoms with van der Waals surface area (Å²) in [4.78, 5) is 31.3. The lowest BCUT2D eigenvalue weighted by Crippen LogP contribution is -2.25. The minimum absolute atomic E-state index is 0.0805. The number of carbonyl (C=O) groups excluding carboxylic acids is 1. The summed E-state index contributed by atoms with van der Waals surface area (Å²) in [7, 11) is 6.21. The quantitative estimate of drug-likeness (QED) is 0.191. The van der Waals surface area contributed by atoms with Gasteiger partial charge in [-0.15, -0.1) is 0 Å². The number of aromatic nitrogens is 2. The smallest absolute Gasteiger partial charge is 0.262 e. The first-order chi connectivity index (χ1) is 19.4. The largest absolute Gasteiger partial charge is 0.493 e. The monoisotopic (exact) mass is 563 g/mol. The van der Waals surface area contributed by atoms with Gasteiger partial charge in [0, 0.05) is 18.3 Å². The van der Waals surface area contributed by atoms with E-state index in [4.69, 9.17) is 23.9 Å². The molecular formula is C30H33N3O6S. The van der Waals surface area contributed by atoms with Gasteiger partial charge in [0.15, 0.2) is 28.2 Å². The van der Waals surface area contributed by atoms with Crippen molar-refractivity contribution >= 4 is 34.3 Å². The van der Waals surface area contributed by atoms with Gasteiger partial charge in [0.2, 0.25) is 5.91 Å². The average Bonchev–Trinajstić information content (AvgIpc) is 2.99. The molecule has 4 rings (SSSR count). The van der Waals surface area contributed by atoms with Crippen LogP contribution in [0.5, 0.6) is 23.0 Å². The second-order valence-electron chi connectivity index (χ2n) is 8.90. The Balaban J connectivity index is 1.64. The number of benzene rings is 3. The van der Waals surface area contributed by atoms with Crippen molar-refractivity contribution in [2.24, 2.45) is 0 Å². The van der Waals surface area contributed by atoms with Gasteiger partial charge in [-0.2, -0.15) is 0 Å². The van der Waals surface area contributed by atoms with Crippen LogP contribution in [0.3, 0.4) is 0 Å². The van der Waals surface area contributed by atoms with Crippen LogP contribution in [0.2, 0.25) is 0 Å². The molecule has 0 aliphatic rings. The number of fused-ring (bicyclic) bond motifs is 1. The van der Waals surface area contributed by atoms with Gasteiger partial charge < -0.3 is 24.3 Å². The van der Waals surface area contributed by atoms with Crippen LogP contribution in [0.25, 0.3) is 10.9 Å². The zero-order valence-corrected chi connectivity index (χ0v) is 24.1. The van der Waals surface area contributed by atoms with Gasteiger partial charge in [-0.1, -0.05) is 36.9 Å². The Bertz CT molecular complexity index is 1550. The van der Waals surface area contributed by atoms with Crippen molar-refractivity contribution < 1.29 is 23.7 Å². The zero-order valence-electron chi connectivity index (χ0n) is 23.3. The van der Waals surface area contributed by atoms with E-state index in [1.54, 1.807) is 30.9 Å². The van der Waals surface area contributed by atoms with Crippen LogP contribution in [0.4, 0.5) is 5.69 Å². The number of ether oxygens (including phenoxy) is 4. The molecule has 0 bridgehead atoms. The van der Waals surface area contributed by atoms with Crippen molar-refractivity contribution in [3.63, 3.8) is 0 Å². The molecule has 3 aromatic carbocycles. The molecular weight excluding hydrogens is 530 g/mol. The number of anilines is 1. The van der Waals surface area contributed by atoms with E-state index >= 15 is 0 Å². The first kappa shape index (κ1) is 28.8. The van der Waals surface area contributed by atoms with Crippen LogP contribution < -0.4 is 29.8 Å². The lowest BCUT2D eigenvalue weighted by molar-refractivity contribution is -0.113. The summed E-state index contributed by atoms with van der Waals surface area (Å²) in [5.41, 5.74) is 3.10. The Labute approximate surface area is 237 Å². The predicted molar refractivity (Wildman–Crippen MR) is 158 cm³/mol. The van der Waals surface area contributed by atoms with Gasteiger partial charge in [0.05, 0.1) is 45.1 Å². The second-order valence-corrected chi connectivity index (χ2v) is 9.84. The number of thioether (sulfide) groups is 1. The molecule has 0 radical (unpaired) electrons. The Morgan fingerprint density at radius 2 is 1.48 bits per heavy atom. The number of amides is 1. The van der Waals surface area contributed by atoms with E-state index < -0.39 is 0 Å². The molecule has 1 amide bonds. The fourth-order valence-electron chi connectivity index (χ4n) is 4.26. The highest BCUT2D eigenvalue weighted by Crippen LogP contribution is 2.32. The molecule has 0 aliphatic heterocycles. The summed E-state index contributed by atoms with van der Waals surface area (Å²) in [5, 5.41) is 3.74. The third-order valence-corrected chi connectivity index (χ3v) is 7.45. The molecule has 1 aromatic heterocycles. The summed E-state index contributed by atoms with van der Waals surface area (Å²) in [6.45, 7) is 2.42. The highest BCUT2D eigenvalue weighted by atomic mass is 32.2. The highest BCUT2D eigenvalue weighted by Gasteiger charge is 2.17. The van der Waals surface area contributed by atoms with Gasteiger partial charge in [0.1, 0.15) is 0 Å². The maximum Gasteiger partial charge on any atom is 0.262 e. The number of aryl methyl sites for hydroxylation is 2. The first-order valence-electron chi connectivity index (χ1n) is 12.8. The fraction of sp³-hybridized carbons (Fsp3) is 0.300. The van der Waals surface area contributed by atoms with E-state index in [2.05, 4.69) is 12.2 Å². The molecule has 1 N–H and O–H groups in total. The van der Waals surface area contributed by atoms with Gasteiger partial charge in [-0.3, -0.25) is 14.2 Å². The molecule has 0 saturated heterocycles. The lowest BCUT2D eigenvalue weighted by Gasteiger charge is -2.15. The Hall–Kier alpha value is -4.18. The minimum Gasteiger partial charge on any atom is -0.493 e. The number of carbonyl (C=O) groups is 1. The average molecular weight is 564 g/mol. The molecule has 0 atom stereocenters. The van der Waals surface area contributed by atoms with Gasteiger partial charge >= 0.3 is 0 Å². The standard InChI is InChI=1S/C30H33N3O6S/c1-6-19-7-10-21(11-8-19)31-28(34)18-40-30-32-23-17-27(39-5)26(38-4)16-22(23)29(35)33(30)14-13-20-9-12-24(36-2)25(15-20)37-3/h7-12,15-17H,6,13-14,18H2,1-5H3,(H,31,34). The molecule has 10 heteroatoms. The summed E-state index contributed by atoms with van der Waals surface area (Å²) >= 11 is 1.21. The molecule has 0 unspecified atom stereocenters. The highest BCUT2D eigenvalue weighted by molar-refractivity contribution is 7.99. The summed E-state index contributed by atoms with van der Waals surface area (Å²) in [6, 6.07) is 16.7. The van der Waals surface area contributed by atoms with E-state index in [1.807, 2.05) is 42.5 Å². The topological polar surface area (TPSA) is 101 Å². The van der Waals surface area contributed by atoms with Crippen molar-refractivity contribution in [3.8, 4) is 23.0 Å². The van der Waals surface area contributed by atoms with E-state index in [0.717, 1.165) is 17.7 Å². The first-order valence-corrected chi connectivity index (χ1v) is 13.8. The van der Waals surface area contributed by atoms with Crippen molar-refractivity contribution in [1.29, 1.82) is 0 Å². The summed E-state index contributed by atoms with van der Waals surface area (Å²) in [5.74, 6) is 2.03. The molecule has 0 saturated carbocycles. The molecule has 0 spiro atoms. The zero-order chi connectivity index (χ0) is 28.6. The Kier molecular flexibility index (Phi) is 9.55. The number of nitrogens with zero attached hydrogens (tertiary/aromatic N) is 2. The normalized spacial score (nSPS) is 10.8.